The van der Waals surface area contributed by atoms with E-state index in [0.717, 1.165) is 29.9 Å². The molecule has 1 aromatic carbocycles. The van der Waals surface area contributed by atoms with E-state index >= 15 is 0 Å². The van der Waals surface area contributed by atoms with Gasteiger partial charge >= 0.3 is 0 Å². The van der Waals surface area contributed by atoms with Gasteiger partial charge in [0.1, 0.15) is 6.61 Å². The second-order valence-electron chi connectivity index (χ2n) is 2.87. The molecule has 1 aliphatic heterocycles. The van der Waals surface area contributed by atoms with E-state index in [1.807, 2.05) is 12.1 Å². The third kappa shape index (κ3) is 1.91. The van der Waals surface area contributed by atoms with Gasteiger partial charge < -0.3 is 4.74 Å². The van der Waals surface area contributed by atoms with E-state index in [1.54, 1.807) is 0 Å². The van der Waals surface area contributed by atoms with Gasteiger partial charge in [0.25, 0.3) is 0 Å². The van der Waals surface area contributed by atoms with Gasteiger partial charge in [0, 0.05) is 10.9 Å². The maximum atomic E-state index is 5.35. The first-order chi connectivity index (χ1) is 6.40. The van der Waals surface area contributed by atoms with Crippen LogP contribution in [-0.4, -0.2) is 19.0 Å². The molecule has 1 aliphatic rings. The van der Waals surface area contributed by atoms with Crippen molar-refractivity contribution in [2.24, 2.45) is 4.99 Å². The predicted molar refractivity (Wildman–Crippen MR) is 56.4 cm³/mol. The van der Waals surface area contributed by atoms with E-state index in [4.69, 9.17) is 4.74 Å². The average Bonchev–Trinajstić information content (AvgIpc) is 2.71. The zero-order chi connectivity index (χ0) is 9.10. The largest absolute Gasteiger partial charge is 0.476 e. The van der Waals surface area contributed by atoms with Crippen molar-refractivity contribution >= 4 is 21.8 Å². The van der Waals surface area contributed by atoms with Gasteiger partial charge in [-0.3, -0.25) is 0 Å². The van der Waals surface area contributed by atoms with Crippen LogP contribution in [0.2, 0.25) is 0 Å². The highest BCUT2D eigenvalue weighted by Crippen LogP contribution is 2.11. The fraction of sp³-hybridized carbons (Fsp3) is 0.300. The molecule has 1 heterocycles. The molecular weight excluding hydrogens is 230 g/mol. The zero-order valence-corrected chi connectivity index (χ0v) is 8.75. The Balaban J connectivity index is 2.22. The number of rotatable bonds is 2. The van der Waals surface area contributed by atoms with Gasteiger partial charge in [0.2, 0.25) is 5.90 Å². The molecule has 13 heavy (non-hydrogen) atoms. The summed E-state index contributed by atoms with van der Waals surface area (Å²) in [6.07, 6.45) is 0. The smallest absolute Gasteiger partial charge is 0.216 e. The number of benzene rings is 1. The van der Waals surface area contributed by atoms with Crippen LogP contribution in [0.4, 0.5) is 0 Å². The van der Waals surface area contributed by atoms with Crippen LogP contribution in [0.3, 0.4) is 0 Å². The Labute approximate surface area is 85.8 Å². The lowest BCUT2D eigenvalue weighted by Crippen LogP contribution is -2.00. The van der Waals surface area contributed by atoms with E-state index in [-0.39, 0.29) is 0 Å². The minimum Gasteiger partial charge on any atom is -0.476 e. The third-order valence-electron chi connectivity index (χ3n) is 1.94. The molecule has 0 radical (unpaired) electrons. The summed E-state index contributed by atoms with van der Waals surface area (Å²) in [5.74, 6) is 0.779. The number of alkyl halides is 1. The van der Waals surface area contributed by atoms with Crippen molar-refractivity contribution in [3.8, 4) is 0 Å². The van der Waals surface area contributed by atoms with Crippen molar-refractivity contribution in [2.75, 3.05) is 13.2 Å². The molecule has 0 aliphatic carbocycles. The lowest BCUT2D eigenvalue weighted by Gasteiger charge is -2.01. The van der Waals surface area contributed by atoms with Crippen LogP contribution in [0.5, 0.6) is 0 Å². The molecule has 0 aromatic heterocycles. The van der Waals surface area contributed by atoms with E-state index in [9.17, 15) is 0 Å². The van der Waals surface area contributed by atoms with Crippen molar-refractivity contribution in [3.63, 3.8) is 0 Å². The molecule has 0 bridgehead atoms. The quantitative estimate of drug-likeness (QED) is 0.727. The van der Waals surface area contributed by atoms with Gasteiger partial charge in [0.05, 0.1) is 6.54 Å². The Hall–Kier alpha value is -0.830. The predicted octanol–water partition coefficient (Wildman–Crippen LogP) is 2.36. The van der Waals surface area contributed by atoms with Crippen LogP contribution < -0.4 is 0 Å². The molecule has 0 atom stereocenters. The van der Waals surface area contributed by atoms with Crippen LogP contribution in [-0.2, 0) is 10.1 Å². The van der Waals surface area contributed by atoms with Gasteiger partial charge in [-0.05, 0) is 17.7 Å². The van der Waals surface area contributed by atoms with Crippen LogP contribution >= 0.6 is 15.9 Å². The molecule has 2 rings (SSSR count). The number of halogens is 1. The second kappa shape index (κ2) is 3.92. The first-order valence-corrected chi connectivity index (χ1v) is 5.35. The fourth-order valence-corrected chi connectivity index (χ4v) is 1.62. The Kier molecular flexibility index (Phi) is 2.64. The summed E-state index contributed by atoms with van der Waals surface area (Å²) in [6, 6.07) is 8.24. The lowest BCUT2D eigenvalue weighted by molar-refractivity contribution is 0.348. The lowest BCUT2D eigenvalue weighted by atomic mass is 10.1. The number of hydrogen-bond acceptors (Lipinski definition) is 2. The van der Waals surface area contributed by atoms with Gasteiger partial charge in [-0.2, -0.15) is 0 Å². The van der Waals surface area contributed by atoms with E-state index in [2.05, 4.69) is 33.1 Å². The molecule has 0 N–H and O–H groups in total. The summed E-state index contributed by atoms with van der Waals surface area (Å²) < 4.78 is 5.35. The Morgan fingerprint density at radius 3 is 2.62 bits per heavy atom. The van der Waals surface area contributed by atoms with Gasteiger partial charge in [0.15, 0.2) is 0 Å². The fourth-order valence-electron chi connectivity index (χ4n) is 1.25. The number of ether oxygens (including phenoxy) is 1. The standard InChI is InChI=1S/C10H10BrNO/c11-7-8-1-3-9(4-2-8)10-12-5-6-13-10/h1-4H,5-7H2. The summed E-state index contributed by atoms with van der Waals surface area (Å²) >= 11 is 3.40. The molecule has 1 aromatic rings. The van der Waals surface area contributed by atoms with Crippen molar-refractivity contribution < 1.29 is 4.74 Å². The summed E-state index contributed by atoms with van der Waals surface area (Å²) in [4.78, 5) is 4.24. The van der Waals surface area contributed by atoms with Crippen molar-refractivity contribution in [2.45, 2.75) is 5.33 Å². The van der Waals surface area contributed by atoms with E-state index in [0.29, 0.717) is 0 Å². The minimum absolute atomic E-state index is 0.718. The zero-order valence-electron chi connectivity index (χ0n) is 7.16. The minimum atomic E-state index is 0.718. The summed E-state index contributed by atoms with van der Waals surface area (Å²) in [7, 11) is 0. The maximum Gasteiger partial charge on any atom is 0.216 e. The molecule has 0 saturated heterocycles. The Morgan fingerprint density at radius 2 is 2.08 bits per heavy atom. The molecule has 68 valence electrons. The topological polar surface area (TPSA) is 21.6 Å². The van der Waals surface area contributed by atoms with Crippen LogP contribution in [0.1, 0.15) is 11.1 Å². The maximum absolute atomic E-state index is 5.35. The Morgan fingerprint density at radius 1 is 1.31 bits per heavy atom. The number of nitrogens with zero attached hydrogens (tertiary/aromatic N) is 1. The molecule has 2 nitrogen and oxygen atoms in total. The molecule has 0 unspecified atom stereocenters. The SMILES string of the molecule is BrCc1ccc(C2=NCCO2)cc1. The first-order valence-electron chi connectivity index (χ1n) is 4.22. The summed E-state index contributed by atoms with van der Waals surface area (Å²) in [5, 5.41) is 0.889. The molecule has 0 fully saturated rings. The van der Waals surface area contributed by atoms with Crippen molar-refractivity contribution in [1.82, 2.24) is 0 Å². The van der Waals surface area contributed by atoms with Crippen molar-refractivity contribution in [1.29, 1.82) is 0 Å². The highest BCUT2D eigenvalue weighted by atomic mass is 79.9. The van der Waals surface area contributed by atoms with E-state index in [1.165, 1.54) is 5.56 Å². The summed E-state index contributed by atoms with van der Waals surface area (Å²) in [5.41, 5.74) is 2.34. The molecule has 0 amide bonds. The highest BCUT2D eigenvalue weighted by Gasteiger charge is 2.08. The second-order valence-corrected chi connectivity index (χ2v) is 3.43. The first kappa shape index (κ1) is 8.75. The molecule has 0 spiro atoms. The van der Waals surface area contributed by atoms with Gasteiger partial charge in [-0.15, -0.1) is 0 Å². The number of hydrogen-bond donors (Lipinski definition) is 0. The number of aliphatic imine (C=N–C) groups is 1. The van der Waals surface area contributed by atoms with Crippen LogP contribution in [0.15, 0.2) is 29.3 Å². The van der Waals surface area contributed by atoms with Gasteiger partial charge in [-0.25, -0.2) is 4.99 Å². The average molecular weight is 240 g/mol. The Bertz CT molecular complexity index is 318. The highest BCUT2D eigenvalue weighted by molar-refractivity contribution is 9.08. The monoisotopic (exact) mass is 239 g/mol. The molecule has 0 saturated carbocycles. The molecular formula is C10H10BrNO. The molecule has 3 heteroatoms. The van der Waals surface area contributed by atoms with E-state index < -0.39 is 0 Å². The van der Waals surface area contributed by atoms with Gasteiger partial charge in [-0.1, -0.05) is 28.1 Å². The van der Waals surface area contributed by atoms with Crippen molar-refractivity contribution in [3.05, 3.63) is 35.4 Å². The van der Waals surface area contributed by atoms with Crippen LogP contribution in [0.25, 0.3) is 0 Å². The third-order valence-corrected chi connectivity index (χ3v) is 2.59. The summed E-state index contributed by atoms with van der Waals surface area (Å²) in [6.45, 7) is 1.51. The van der Waals surface area contributed by atoms with Crippen LogP contribution in [0, 0.1) is 0 Å². The normalized spacial score (nSPS) is 15.3.